The molecule has 0 aliphatic heterocycles. The van der Waals surface area contributed by atoms with Gasteiger partial charge >= 0.3 is 0 Å². The van der Waals surface area contributed by atoms with Crippen LogP contribution in [-0.4, -0.2) is 29.7 Å². The fraction of sp³-hybridized carbons (Fsp3) is 0.556. The summed E-state index contributed by atoms with van der Waals surface area (Å²) >= 11 is 6.15. The minimum atomic E-state index is -0.480. The number of hydrogen-bond donors (Lipinski definition) is 0. The van der Waals surface area contributed by atoms with E-state index in [4.69, 9.17) is 11.6 Å². The van der Waals surface area contributed by atoms with E-state index in [0.29, 0.717) is 18.1 Å². The summed E-state index contributed by atoms with van der Waals surface area (Å²) in [7, 11) is 0. The number of halogens is 1. The molecule has 2 atom stereocenters. The first kappa shape index (κ1) is 23.8. The number of amides is 1. The van der Waals surface area contributed by atoms with Crippen molar-refractivity contribution < 1.29 is 9.59 Å². The lowest BCUT2D eigenvalue weighted by Gasteiger charge is -2.34. The summed E-state index contributed by atoms with van der Waals surface area (Å²) in [5.41, 5.74) is 1.64. The Labute approximate surface area is 192 Å². The minimum absolute atomic E-state index is 0.000617. The molecule has 3 rings (SSSR count). The van der Waals surface area contributed by atoms with Gasteiger partial charge < -0.3 is 4.90 Å². The van der Waals surface area contributed by atoms with Crippen LogP contribution in [0.25, 0.3) is 0 Å². The van der Waals surface area contributed by atoms with Gasteiger partial charge in [0.15, 0.2) is 5.78 Å². The highest BCUT2D eigenvalue weighted by Gasteiger charge is 2.68. The molecule has 3 nitrogen and oxygen atoms in total. The highest BCUT2D eigenvalue weighted by molar-refractivity contribution is 6.30. The van der Waals surface area contributed by atoms with Crippen molar-refractivity contribution in [2.24, 2.45) is 22.2 Å². The number of benzene rings is 1. The number of ketones is 1. The van der Waals surface area contributed by atoms with E-state index in [-0.39, 0.29) is 34.4 Å². The predicted molar refractivity (Wildman–Crippen MR) is 128 cm³/mol. The van der Waals surface area contributed by atoms with Crippen LogP contribution in [0.2, 0.25) is 5.02 Å². The average Bonchev–Trinajstić information content (AvgIpc) is 3.30. The molecule has 2 aliphatic rings. The highest BCUT2D eigenvalue weighted by Crippen LogP contribution is 2.70. The average molecular weight is 442 g/mol. The second-order valence-electron chi connectivity index (χ2n) is 11.0. The summed E-state index contributed by atoms with van der Waals surface area (Å²) in [6.07, 6.45) is 4.24. The van der Waals surface area contributed by atoms with Gasteiger partial charge in [0.1, 0.15) is 0 Å². The van der Waals surface area contributed by atoms with Gasteiger partial charge in [-0.05, 0) is 42.4 Å². The van der Waals surface area contributed by atoms with Crippen LogP contribution in [0.4, 0.5) is 0 Å². The summed E-state index contributed by atoms with van der Waals surface area (Å²) in [6.45, 7) is 17.9. The predicted octanol–water partition coefficient (Wildman–Crippen LogP) is 6.44. The Morgan fingerprint density at radius 3 is 1.77 bits per heavy atom. The number of hydrogen-bond acceptors (Lipinski definition) is 2. The van der Waals surface area contributed by atoms with Crippen molar-refractivity contribution in [2.45, 2.75) is 61.3 Å². The van der Waals surface area contributed by atoms with Gasteiger partial charge in [0.25, 0.3) is 0 Å². The third-order valence-corrected chi connectivity index (χ3v) is 7.02. The fourth-order valence-corrected chi connectivity index (χ4v) is 5.08. The van der Waals surface area contributed by atoms with Crippen molar-refractivity contribution in [3.8, 4) is 0 Å². The number of nitrogens with zero attached hydrogens (tertiary/aromatic N) is 1. The van der Waals surface area contributed by atoms with Crippen LogP contribution in [0.1, 0.15) is 66.9 Å². The van der Waals surface area contributed by atoms with Crippen LogP contribution >= 0.6 is 11.6 Å². The van der Waals surface area contributed by atoms with Gasteiger partial charge in [-0.3, -0.25) is 9.59 Å². The third-order valence-electron chi connectivity index (χ3n) is 6.77. The van der Waals surface area contributed by atoms with Crippen molar-refractivity contribution in [2.75, 3.05) is 13.1 Å². The van der Waals surface area contributed by atoms with Gasteiger partial charge in [-0.2, -0.15) is 0 Å². The van der Waals surface area contributed by atoms with Crippen molar-refractivity contribution in [1.82, 2.24) is 4.90 Å². The van der Waals surface area contributed by atoms with Crippen LogP contribution in [-0.2, 0) is 9.59 Å². The minimum Gasteiger partial charge on any atom is -0.343 e. The van der Waals surface area contributed by atoms with E-state index in [1.165, 1.54) is 0 Å². The number of Topliss-reactive ketones (excluding diaryl/α,β-unsaturated/α-hetero) is 1. The molecule has 0 radical (unpaired) electrons. The molecule has 0 bridgehead atoms. The summed E-state index contributed by atoms with van der Waals surface area (Å²) in [5, 5.41) is 0.681. The summed E-state index contributed by atoms with van der Waals surface area (Å²) in [6, 6.07) is 7.82. The molecule has 2 aliphatic carbocycles. The number of carbonyl (C=O) groups excluding carboxylic acids is 2. The Morgan fingerprint density at radius 1 is 0.935 bits per heavy atom. The SMILES string of the molecule is CCN(CC)C(=O)[C@H]1[C@H](c2ccc(Cl)cc2)C12C=C(C(C)(C)C)C(=O)C(C(C)(C)C)=C2. The molecule has 31 heavy (non-hydrogen) atoms. The number of carbonyl (C=O) groups is 2. The normalized spacial score (nSPS) is 22.8. The number of rotatable bonds is 4. The van der Waals surface area contributed by atoms with Gasteiger partial charge in [-0.15, -0.1) is 0 Å². The monoisotopic (exact) mass is 441 g/mol. The molecule has 1 fully saturated rings. The van der Waals surface area contributed by atoms with Gasteiger partial charge in [0, 0.05) is 40.6 Å². The third kappa shape index (κ3) is 4.14. The van der Waals surface area contributed by atoms with E-state index in [2.05, 4.69) is 53.7 Å². The maximum absolute atomic E-state index is 13.6. The Hall–Kier alpha value is -1.87. The quantitative estimate of drug-likeness (QED) is 0.539. The van der Waals surface area contributed by atoms with Gasteiger partial charge in [0.05, 0.1) is 5.92 Å². The second kappa shape index (κ2) is 7.92. The molecule has 1 spiro atoms. The van der Waals surface area contributed by atoms with Crippen molar-refractivity contribution >= 4 is 23.3 Å². The van der Waals surface area contributed by atoms with E-state index in [0.717, 1.165) is 16.7 Å². The van der Waals surface area contributed by atoms with Crippen molar-refractivity contribution in [3.63, 3.8) is 0 Å². The lowest BCUT2D eigenvalue weighted by Crippen LogP contribution is -2.35. The van der Waals surface area contributed by atoms with E-state index in [9.17, 15) is 9.59 Å². The largest absolute Gasteiger partial charge is 0.343 e. The maximum Gasteiger partial charge on any atom is 0.227 e. The maximum atomic E-state index is 13.6. The Bertz CT molecular complexity index is 903. The van der Waals surface area contributed by atoms with E-state index in [1.807, 2.05) is 43.0 Å². The lowest BCUT2D eigenvalue weighted by molar-refractivity contribution is -0.132. The molecule has 0 unspecified atom stereocenters. The fourth-order valence-electron chi connectivity index (χ4n) is 4.96. The Morgan fingerprint density at radius 2 is 1.39 bits per heavy atom. The first-order valence-electron chi connectivity index (χ1n) is 11.3. The summed E-state index contributed by atoms with van der Waals surface area (Å²) in [4.78, 5) is 29.0. The molecule has 1 saturated carbocycles. The Balaban J connectivity index is 2.24. The highest BCUT2D eigenvalue weighted by atomic mass is 35.5. The molecule has 0 heterocycles. The van der Waals surface area contributed by atoms with E-state index in [1.54, 1.807) is 0 Å². The smallest absolute Gasteiger partial charge is 0.227 e. The zero-order valence-corrected chi connectivity index (χ0v) is 20.9. The number of allylic oxidation sites excluding steroid dienone is 4. The molecule has 0 saturated heterocycles. The first-order chi connectivity index (χ1) is 14.3. The molecule has 168 valence electrons. The van der Waals surface area contributed by atoms with E-state index < -0.39 is 5.41 Å². The molecular formula is C27H36ClNO2. The van der Waals surface area contributed by atoms with Gasteiger partial charge in [-0.1, -0.05) is 77.4 Å². The standard InChI is InChI=1S/C27H36ClNO2/c1-9-29(10-2)24(31)22-21(17-11-13-18(28)14-12-17)27(22)15-19(25(3,4)5)23(30)20(16-27)26(6,7)8/h11-16,21-22H,9-10H2,1-8H3/t21-,22+/m0/s1. The van der Waals surface area contributed by atoms with Crippen molar-refractivity contribution in [3.05, 3.63) is 58.1 Å². The van der Waals surface area contributed by atoms with Crippen LogP contribution in [0.5, 0.6) is 0 Å². The van der Waals surface area contributed by atoms with Crippen LogP contribution < -0.4 is 0 Å². The Kier molecular flexibility index (Phi) is 6.08. The molecular weight excluding hydrogens is 406 g/mol. The van der Waals surface area contributed by atoms with Crippen molar-refractivity contribution in [1.29, 1.82) is 0 Å². The summed E-state index contributed by atoms with van der Waals surface area (Å²) in [5.74, 6) is 0.0618. The molecule has 0 aromatic heterocycles. The lowest BCUT2D eigenvalue weighted by atomic mass is 9.69. The first-order valence-corrected chi connectivity index (χ1v) is 11.7. The van der Waals surface area contributed by atoms with Crippen LogP contribution in [0.3, 0.4) is 0 Å². The second-order valence-corrected chi connectivity index (χ2v) is 11.4. The molecule has 1 aromatic rings. The molecule has 1 amide bonds. The van der Waals surface area contributed by atoms with Crippen LogP contribution in [0.15, 0.2) is 47.6 Å². The zero-order valence-electron chi connectivity index (χ0n) is 20.2. The molecule has 1 aromatic carbocycles. The molecule has 0 N–H and O–H groups in total. The van der Waals surface area contributed by atoms with Gasteiger partial charge in [0.2, 0.25) is 5.91 Å². The zero-order chi connectivity index (χ0) is 23.4. The molecule has 4 heteroatoms. The topological polar surface area (TPSA) is 37.4 Å². The van der Waals surface area contributed by atoms with Crippen LogP contribution in [0, 0.1) is 22.2 Å². The van der Waals surface area contributed by atoms with Gasteiger partial charge in [-0.25, -0.2) is 0 Å². The summed E-state index contributed by atoms with van der Waals surface area (Å²) < 4.78 is 0. The van der Waals surface area contributed by atoms with E-state index >= 15 is 0 Å².